The second kappa shape index (κ2) is 10.7. The Morgan fingerprint density at radius 1 is 0.923 bits per heavy atom. The van der Waals surface area contributed by atoms with Crippen LogP contribution in [-0.2, 0) is 9.47 Å². The van der Waals surface area contributed by atoms with E-state index in [9.17, 15) is 20.2 Å². The van der Waals surface area contributed by atoms with E-state index in [4.69, 9.17) is 9.47 Å². The molecule has 0 saturated heterocycles. The van der Waals surface area contributed by atoms with Crippen LogP contribution in [0.2, 0.25) is 0 Å². The Balaban J connectivity index is 3.62. The van der Waals surface area contributed by atoms with Crippen molar-refractivity contribution < 1.29 is 19.3 Å². The van der Waals surface area contributed by atoms with Crippen LogP contribution in [0.3, 0.4) is 0 Å². The number of ether oxygens (including phenoxy) is 2. The molecule has 0 radical (unpaired) electrons. The summed E-state index contributed by atoms with van der Waals surface area (Å²) in [5.41, 5.74) is -0.302. The van der Waals surface area contributed by atoms with Gasteiger partial charge in [-0.25, -0.2) is 0 Å². The summed E-state index contributed by atoms with van der Waals surface area (Å²) in [6.45, 7) is 8.98. The van der Waals surface area contributed by atoms with Crippen molar-refractivity contribution in [2.75, 3.05) is 31.2 Å². The molecular formula is C17H27N3O6. The highest BCUT2D eigenvalue weighted by Gasteiger charge is 2.32. The monoisotopic (exact) mass is 369 g/mol. The molecule has 146 valence electrons. The van der Waals surface area contributed by atoms with Crippen molar-refractivity contribution in [2.24, 2.45) is 0 Å². The molecule has 0 aliphatic carbocycles. The first-order valence-electron chi connectivity index (χ1n) is 8.85. The summed E-state index contributed by atoms with van der Waals surface area (Å²) in [4.78, 5) is 23.9. The second-order valence-electron chi connectivity index (χ2n) is 5.65. The van der Waals surface area contributed by atoms with Gasteiger partial charge in [-0.05, 0) is 26.7 Å². The van der Waals surface area contributed by atoms with E-state index in [2.05, 4.69) is 0 Å². The topological polar surface area (TPSA) is 108 Å². The van der Waals surface area contributed by atoms with Gasteiger partial charge in [-0.15, -0.1) is 0 Å². The number of nitro groups is 2. The summed E-state index contributed by atoms with van der Waals surface area (Å²) >= 11 is 0. The van der Waals surface area contributed by atoms with Gasteiger partial charge in [0.25, 0.3) is 11.4 Å². The molecule has 26 heavy (non-hydrogen) atoms. The van der Waals surface area contributed by atoms with Crippen LogP contribution in [0.5, 0.6) is 0 Å². The van der Waals surface area contributed by atoms with Crippen LogP contribution >= 0.6 is 0 Å². The van der Waals surface area contributed by atoms with Gasteiger partial charge in [-0.3, -0.25) is 20.2 Å². The Kier molecular flexibility index (Phi) is 8.94. The number of rotatable bonds is 12. The molecule has 1 aromatic rings. The molecule has 0 amide bonds. The zero-order valence-corrected chi connectivity index (χ0v) is 15.8. The molecule has 9 nitrogen and oxygen atoms in total. The van der Waals surface area contributed by atoms with E-state index < -0.39 is 16.1 Å². The lowest BCUT2D eigenvalue weighted by atomic mass is 10.1. The lowest BCUT2D eigenvalue weighted by Crippen LogP contribution is -2.27. The van der Waals surface area contributed by atoms with Gasteiger partial charge in [0.05, 0.1) is 9.85 Å². The summed E-state index contributed by atoms with van der Waals surface area (Å²) in [5.74, 6) is 0. The Morgan fingerprint density at radius 2 is 1.35 bits per heavy atom. The van der Waals surface area contributed by atoms with Crippen molar-refractivity contribution in [1.29, 1.82) is 0 Å². The lowest BCUT2D eigenvalue weighted by Gasteiger charge is -2.24. The number of hydrogen-bond donors (Lipinski definition) is 0. The smallest absolute Gasteiger partial charge is 0.300 e. The molecule has 9 heteroatoms. The zero-order chi connectivity index (χ0) is 19.7. The van der Waals surface area contributed by atoms with Crippen LogP contribution in [0.25, 0.3) is 0 Å². The van der Waals surface area contributed by atoms with E-state index in [1.807, 2.05) is 13.8 Å². The van der Waals surface area contributed by atoms with Gasteiger partial charge in [0.15, 0.2) is 12.0 Å². The van der Waals surface area contributed by atoms with Gasteiger partial charge >= 0.3 is 0 Å². The summed E-state index contributed by atoms with van der Waals surface area (Å²) < 4.78 is 10.9. The molecule has 0 atom stereocenters. The van der Waals surface area contributed by atoms with E-state index in [1.54, 1.807) is 18.7 Å². The number of benzene rings is 1. The average molecular weight is 369 g/mol. The summed E-state index contributed by atoms with van der Waals surface area (Å²) in [6.07, 6.45) is 0.551. The van der Waals surface area contributed by atoms with Crippen LogP contribution < -0.4 is 4.90 Å². The molecule has 0 unspecified atom stereocenters. The predicted octanol–water partition coefficient (Wildman–Crippen LogP) is 4.20. The third kappa shape index (κ3) is 5.37. The van der Waals surface area contributed by atoms with Crippen molar-refractivity contribution in [3.8, 4) is 0 Å². The highest BCUT2D eigenvalue weighted by molar-refractivity contribution is 5.76. The van der Waals surface area contributed by atoms with Crippen LogP contribution in [0.4, 0.5) is 17.1 Å². The summed E-state index contributed by atoms with van der Waals surface area (Å²) in [5, 5.41) is 23.3. The molecule has 0 spiro atoms. The van der Waals surface area contributed by atoms with Crippen molar-refractivity contribution in [1.82, 2.24) is 0 Å². The maximum absolute atomic E-state index is 11.7. The fourth-order valence-electron chi connectivity index (χ4n) is 2.78. The minimum Gasteiger partial charge on any atom is -0.360 e. The Bertz CT molecular complexity index is 576. The Hall–Kier alpha value is -2.26. The standard InChI is InChI=1S/C17H27N3O6/c1-5-9-18(10-6-2)16-14(19(21)22)11-13(12-15(16)20(23)24)17(25-7-3)26-8-4/h11-12,17H,5-10H2,1-4H3. The first-order chi connectivity index (χ1) is 12.4. The van der Waals surface area contributed by atoms with E-state index in [-0.39, 0.29) is 22.6 Å². The molecule has 0 bridgehead atoms. The third-order valence-electron chi connectivity index (χ3n) is 3.70. The van der Waals surface area contributed by atoms with E-state index in [0.717, 1.165) is 12.8 Å². The van der Waals surface area contributed by atoms with Crippen molar-refractivity contribution in [3.05, 3.63) is 37.9 Å². The zero-order valence-electron chi connectivity index (χ0n) is 15.8. The normalized spacial score (nSPS) is 11.0. The largest absolute Gasteiger partial charge is 0.360 e. The molecule has 0 heterocycles. The van der Waals surface area contributed by atoms with Gasteiger partial charge in [0.2, 0.25) is 0 Å². The highest BCUT2D eigenvalue weighted by Crippen LogP contribution is 2.41. The molecule has 0 aliphatic rings. The Labute approximate surface area is 153 Å². The fraction of sp³-hybridized carbons (Fsp3) is 0.647. The predicted molar refractivity (Wildman–Crippen MR) is 98.5 cm³/mol. The summed E-state index contributed by atoms with van der Waals surface area (Å²) in [6, 6.07) is 2.63. The number of hydrogen-bond acceptors (Lipinski definition) is 7. The molecule has 0 fully saturated rings. The molecule has 1 rings (SSSR count). The van der Waals surface area contributed by atoms with Crippen molar-refractivity contribution >= 4 is 17.1 Å². The first kappa shape index (κ1) is 21.8. The molecule has 0 saturated carbocycles. The van der Waals surface area contributed by atoms with E-state index in [0.29, 0.717) is 26.3 Å². The highest BCUT2D eigenvalue weighted by atomic mass is 16.7. The molecular weight excluding hydrogens is 342 g/mol. The molecule has 1 aromatic carbocycles. The van der Waals surface area contributed by atoms with Gasteiger partial charge in [-0.1, -0.05) is 13.8 Å². The van der Waals surface area contributed by atoms with Crippen molar-refractivity contribution in [3.63, 3.8) is 0 Å². The number of nitro benzene ring substituents is 2. The van der Waals surface area contributed by atoms with Crippen LogP contribution in [-0.4, -0.2) is 36.1 Å². The van der Waals surface area contributed by atoms with Gasteiger partial charge in [0.1, 0.15) is 0 Å². The second-order valence-corrected chi connectivity index (χ2v) is 5.65. The quantitative estimate of drug-likeness (QED) is 0.308. The lowest BCUT2D eigenvalue weighted by molar-refractivity contribution is -0.392. The van der Waals surface area contributed by atoms with Crippen LogP contribution in [0.15, 0.2) is 12.1 Å². The first-order valence-corrected chi connectivity index (χ1v) is 8.85. The van der Waals surface area contributed by atoms with Crippen LogP contribution in [0, 0.1) is 20.2 Å². The molecule has 0 aromatic heterocycles. The fourth-order valence-corrected chi connectivity index (χ4v) is 2.78. The minimum atomic E-state index is -0.887. The molecule has 0 aliphatic heterocycles. The van der Waals surface area contributed by atoms with Gasteiger partial charge in [0, 0.05) is 44.0 Å². The number of anilines is 1. The Morgan fingerprint density at radius 3 is 1.65 bits per heavy atom. The molecule has 0 N–H and O–H groups in total. The van der Waals surface area contributed by atoms with Gasteiger partial charge in [-0.2, -0.15) is 0 Å². The van der Waals surface area contributed by atoms with Crippen molar-refractivity contribution in [2.45, 2.75) is 46.8 Å². The van der Waals surface area contributed by atoms with Gasteiger partial charge < -0.3 is 14.4 Å². The van der Waals surface area contributed by atoms with E-state index >= 15 is 0 Å². The number of nitrogens with zero attached hydrogens (tertiary/aromatic N) is 3. The maximum Gasteiger partial charge on any atom is 0.300 e. The third-order valence-corrected chi connectivity index (χ3v) is 3.70. The summed E-state index contributed by atoms with van der Waals surface area (Å²) in [7, 11) is 0. The SMILES string of the molecule is CCCN(CCC)c1c([N+](=O)[O-])cc(C(OCC)OCC)cc1[N+](=O)[O-]. The maximum atomic E-state index is 11.7. The van der Waals surface area contributed by atoms with E-state index in [1.165, 1.54) is 12.1 Å². The minimum absolute atomic E-state index is 0.0409. The average Bonchev–Trinajstić information content (AvgIpc) is 2.60. The van der Waals surface area contributed by atoms with Crippen LogP contribution in [0.1, 0.15) is 52.4 Å².